The molecule has 2 amide bonds. The van der Waals surface area contributed by atoms with Crippen LogP contribution in [0, 0.1) is 5.92 Å². The molecule has 0 heterocycles. The minimum atomic E-state index is -1.45. The molecule has 0 saturated heterocycles. The zero-order valence-corrected chi connectivity index (χ0v) is 13.4. The predicted molar refractivity (Wildman–Crippen MR) is 85.4 cm³/mol. The summed E-state index contributed by atoms with van der Waals surface area (Å²) in [6, 6.07) is 7.54. The summed E-state index contributed by atoms with van der Waals surface area (Å²) in [5.74, 6) is -1.34. The minimum Gasteiger partial charge on any atom is -0.382 e. The van der Waals surface area contributed by atoms with Gasteiger partial charge in [-0.15, -0.1) is 0 Å². The molecule has 1 aromatic carbocycles. The van der Waals surface area contributed by atoms with Gasteiger partial charge in [-0.1, -0.05) is 44.2 Å². The fraction of sp³-hybridized carbons (Fsp3) is 0.500. The number of benzene rings is 1. The number of hydroxylamine groups is 1. The van der Waals surface area contributed by atoms with Crippen LogP contribution in [0.25, 0.3) is 0 Å². The number of nitrogens with one attached hydrogen (secondary N) is 2. The lowest BCUT2D eigenvalue weighted by Crippen LogP contribution is -2.54. The lowest BCUT2D eigenvalue weighted by molar-refractivity contribution is -0.138. The van der Waals surface area contributed by atoms with Gasteiger partial charge >= 0.3 is 0 Å². The minimum absolute atomic E-state index is 0.118. The Morgan fingerprint density at radius 2 is 1.78 bits per heavy atom. The van der Waals surface area contributed by atoms with Crippen molar-refractivity contribution < 1.29 is 19.9 Å². The topological polar surface area (TPSA) is 125 Å². The Morgan fingerprint density at radius 1 is 1.17 bits per heavy atom. The van der Waals surface area contributed by atoms with Crippen molar-refractivity contribution in [3.05, 3.63) is 35.9 Å². The molecular weight excluding hydrogens is 298 g/mol. The van der Waals surface area contributed by atoms with E-state index in [1.165, 1.54) is 5.48 Å². The van der Waals surface area contributed by atoms with E-state index in [-0.39, 0.29) is 5.92 Å². The van der Waals surface area contributed by atoms with Crippen molar-refractivity contribution in [3.8, 4) is 0 Å². The molecule has 6 N–H and O–H groups in total. The Labute approximate surface area is 135 Å². The normalized spacial score (nSPS) is 14.9. The van der Waals surface area contributed by atoms with Crippen LogP contribution in [0.15, 0.2) is 30.3 Å². The van der Waals surface area contributed by atoms with E-state index in [4.69, 9.17) is 10.9 Å². The third-order valence-electron chi connectivity index (χ3n) is 3.44. The van der Waals surface area contributed by atoms with Crippen LogP contribution in [0.2, 0.25) is 0 Å². The molecule has 0 saturated carbocycles. The maximum absolute atomic E-state index is 12.1. The first kappa shape index (κ1) is 19.1. The van der Waals surface area contributed by atoms with Crippen molar-refractivity contribution in [3.63, 3.8) is 0 Å². The number of carbonyl (C=O) groups excluding carboxylic acids is 2. The molecule has 7 nitrogen and oxygen atoms in total. The number of hydrogen-bond acceptors (Lipinski definition) is 5. The van der Waals surface area contributed by atoms with E-state index in [9.17, 15) is 14.7 Å². The van der Waals surface area contributed by atoms with E-state index in [0.717, 1.165) is 5.56 Å². The zero-order chi connectivity index (χ0) is 17.4. The monoisotopic (exact) mass is 323 g/mol. The SMILES string of the molecule is CC(C)C[C@H](NC(=O)[C@@H](O)[C@H](N)Cc1ccccc1)C(=O)NO. The van der Waals surface area contributed by atoms with Gasteiger partial charge in [0.2, 0.25) is 0 Å². The van der Waals surface area contributed by atoms with Gasteiger partial charge in [0.05, 0.1) is 0 Å². The standard InChI is InChI=1S/C16H25N3O4/c1-10(2)8-13(15(21)19-23)18-16(22)14(20)12(17)9-11-6-4-3-5-7-11/h3-7,10,12-14,20,23H,8-9,17H2,1-2H3,(H,18,22)(H,19,21)/t12-,13+,14+/m1/s1. The molecule has 0 aliphatic rings. The smallest absolute Gasteiger partial charge is 0.265 e. The third-order valence-corrected chi connectivity index (χ3v) is 3.44. The number of rotatable bonds is 8. The fourth-order valence-electron chi connectivity index (χ4n) is 2.23. The van der Waals surface area contributed by atoms with Crippen LogP contribution in [0.1, 0.15) is 25.8 Å². The molecular formula is C16H25N3O4. The van der Waals surface area contributed by atoms with Crippen LogP contribution in [-0.4, -0.2) is 40.3 Å². The van der Waals surface area contributed by atoms with E-state index in [1.54, 1.807) is 0 Å². The number of amides is 2. The third kappa shape index (κ3) is 6.35. The summed E-state index contributed by atoms with van der Waals surface area (Å²) in [5, 5.41) is 21.2. The summed E-state index contributed by atoms with van der Waals surface area (Å²) < 4.78 is 0. The van der Waals surface area contributed by atoms with Gasteiger partial charge in [0.1, 0.15) is 12.1 Å². The molecule has 0 spiro atoms. The largest absolute Gasteiger partial charge is 0.382 e. The van der Waals surface area contributed by atoms with Gasteiger partial charge in [-0.05, 0) is 24.3 Å². The second-order valence-corrected chi connectivity index (χ2v) is 5.97. The fourth-order valence-corrected chi connectivity index (χ4v) is 2.23. The first-order valence-corrected chi connectivity index (χ1v) is 7.57. The second-order valence-electron chi connectivity index (χ2n) is 5.97. The van der Waals surface area contributed by atoms with Crippen molar-refractivity contribution >= 4 is 11.8 Å². The average molecular weight is 323 g/mol. The first-order valence-electron chi connectivity index (χ1n) is 7.57. The highest BCUT2D eigenvalue weighted by Crippen LogP contribution is 2.08. The quantitative estimate of drug-likeness (QED) is 0.339. The Bertz CT molecular complexity index is 507. The average Bonchev–Trinajstić information content (AvgIpc) is 2.53. The lowest BCUT2D eigenvalue weighted by atomic mass is 10.00. The van der Waals surface area contributed by atoms with Gasteiger partial charge in [0.25, 0.3) is 11.8 Å². The molecule has 7 heteroatoms. The van der Waals surface area contributed by atoms with Gasteiger partial charge in [0.15, 0.2) is 0 Å². The number of aliphatic hydroxyl groups is 1. The molecule has 0 aromatic heterocycles. The number of carbonyl (C=O) groups is 2. The van der Waals surface area contributed by atoms with E-state index >= 15 is 0 Å². The maximum atomic E-state index is 12.1. The van der Waals surface area contributed by atoms with Gasteiger partial charge in [-0.2, -0.15) is 0 Å². The van der Waals surface area contributed by atoms with Gasteiger partial charge in [-0.25, -0.2) is 5.48 Å². The highest BCUT2D eigenvalue weighted by Gasteiger charge is 2.28. The van der Waals surface area contributed by atoms with Gasteiger partial charge < -0.3 is 16.2 Å². The summed E-state index contributed by atoms with van der Waals surface area (Å²) in [6.45, 7) is 3.75. The second kappa shape index (κ2) is 9.24. The van der Waals surface area contributed by atoms with Gasteiger partial charge in [-0.3, -0.25) is 14.8 Å². The van der Waals surface area contributed by atoms with Crippen molar-refractivity contribution in [2.45, 2.75) is 44.9 Å². The van der Waals surface area contributed by atoms with E-state index in [1.807, 2.05) is 44.2 Å². The number of nitrogens with two attached hydrogens (primary N) is 1. The van der Waals surface area contributed by atoms with Crippen LogP contribution in [0.5, 0.6) is 0 Å². The summed E-state index contributed by atoms with van der Waals surface area (Å²) in [7, 11) is 0. The zero-order valence-electron chi connectivity index (χ0n) is 13.4. The first-order chi connectivity index (χ1) is 10.8. The van der Waals surface area contributed by atoms with Crippen LogP contribution >= 0.6 is 0 Å². The maximum Gasteiger partial charge on any atom is 0.265 e. The molecule has 23 heavy (non-hydrogen) atoms. The molecule has 0 fully saturated rings. The lowest BCUT2D eigenvalue weighted by Gasteiger charge is -2.23. The molecule has 0 unspecified atom stereocenters. The molecule has 0 bridgehead atoms. The highest BCUT2D eigenvalue weighted by atomic mass is 16.5. The molecule has 1 rings (SSSR count). The van der Waals surface area contributed by atoms with Crippen molar-refractivity contribution in [1.29, 1.82) is 0 Å². The highest BCUT2D eigenvalue weighted by molar-refractivity contribution is 5.89. The van der Waals surface area contributed by atoms with Crippen molar-refractivity contribution in [2.24, 2.45) is 11.7 Å². The van der Waals surface area contributed by atoms with Crippen LogP contribution < -0.4 is 16.5 Å². The Kier molecular flexibility index (Phi) is 7.67. The molecule has 0 aliphatic heterocycles. The molecule has 128 valence electrons. The molecule has 0 radical (unpaired) electrons. The Morgan fingerprint density at radius 3 is 2.30 bits per heavy atom. The summed E-state index contributed by atoms with van der Waals surface area (Å²) in [5.41, 5.74) is 8.29. The van der Waals surface area contributed by atoms with E-state index in [2.05, 4.69) is 5.32 Å². The summed E-state index contributed by atoms with van der Waals surface area (Å²) in [4.78, 5) is 23.7. The van der Waals surface area contributed by atoms with Crippen LogP contribution in [-0.2, 0) is 16.0 Å². The number of hydrogen-bond donors (Lipinski definition) is 5. The predicted octanol–water partition coefficient (Wildman–Crippen LogP) is -0.0464. The van der Waals surface area contributed by atoms with Gasteiger partial charge in [0, 0.05) is 6.04 Å². The molecule has 3 atom stereocenters. The van der Waals surface area contributed by atoms with E-state index in [0.29, 0.717) is 12.8 Å². The molecule has 1 aromatic rings. The van der Waals surface area contributed by atoms with Crippen molar-refractivity contribution in [2.75, 3.05) is 0 Å². The van der Waals surface area contributed by atoms with Crippen molar-refractivity contribution in [1.82, 2.24) is 10.8 Å². The van der Waals surface area contributed by atoms with Crippen LogP contribution in [0.3, 0.4) is 0 Å². The summed E-state index contributed by atoms with van der Waals surface area (Å²) >= 11 is 0. The summed E-state index contributed by atoms with van der Waals surface area (Å²) in [6.07, 6.45) is -0.786. The van der Waals surface area contributed by atoms with Crippen LogP contribution in [0.4, 0.5) is 0 Å². The molecule has 0 aliphatic carbocycles. The number of aliphatic hydroxyl groups excluding tert-OH is 1. The van der Waals surface area contributed by atoms with E-state index < -0.39 is 30.0 Å². The Balaban J connectivity index is 2.64. The Hall–Kier alpha value is -1.96.